The summed E-state index contributed by atoms with van der Waals surface area (Å²) in [5, 5.41) is 31.3. The van der Waals surface area contributed by atoms with Gasteiger partial charge in [0.1, 0.15) is 11.5 Å². The zero-order chi connectivity index (χ0) is 21.5. The van der Waals surface area contributed by atoms with E-state index in [4.69, 9.17) is 0 Å². The summed E-state index contributed by atoms with van der Waals surface area (Å²) in [6.45, 7) is 8.14. The Morgan fingerprint density at radius 3 is 1.68 bits per heavy atom. The van der Waals surface area contributed by atoms with Crippen LogP contribution < -0.4 is 0 Å². The molecule has 0 heterocycles. The molecule has 0 unspecified atom stereocenters. The smallest absolute Gasteiger partial charge is 0.245 e. The van der Waals surface area contributed by atoms with Crippen molar-refractivity contribution in [2.75, 3.05) is 0 Å². The fourth-order valence-corrected chi connectivity index (χ4v) is 3.66. The Hall–Kier alpha value is -1.36. The fourth-order valence-electron chi connectivity index (χ4n) is 3.66. The number of aromatic hydroxyl groups is 2. The summed E-state index contributed by atoms with van der Waals surface area (Å²) in [6.07, 6.45) is 6.84. The lowest BCUT2D eigenvalue weighted by molar-refractivity contribution is 0.0103. The van der Waals surface area contributed by atoms with E-state index in [1.165, 1.54) is 0 Å². The number of rotatable bonds is 12. The van der Waals surface area contributed by atoms with E-state index in [-0.39, 0.29) is 17.9 Å². The Bertz CT molecular complexity index is 605. The molecule has 3 nitrogen and oxygen atoms in total. The van der Waals surface area contributed by atoms with E-state index in [1.807, 2.05) is 6.92 Å². The molecular weight excluding hydrogens is 362 g/mol. The summed E-state index contributed by atoms with van der Waals surface area (Å²) in [4.78, 5) is 0. The highest BCUT2D eigenvalue weighted by Gasteiger charge is 2.23. The predicted octanol–water partition coefficient (Wildman–Crippen LogP) is 6.48. The number of unbranched alkanes of at least 4 members (excludes halogenated alkanes) is 5. The fraction of sp³-hybridized carbons (Fsp3) is 0.739. The highest BCUT2D eigenvalue weighted by Crippen LogP contribution is 2.37. The SMILES string of the molecule is Cc1c(C)c(O)c(CC[C@](C)(O)CCCCCCCCC(C)(F)F)c(C)c1O. The Kier molecular flexibility index (Phi) is 9.19. The normalized spacial score (nSPS) is 14.3. The van der Waals surface area contributed by atoms with Crippen LogP contribution in [0.4, 0.5) is 8.78 Å². The van der Waals surface area contributed by atoms with Crippen LogP contribution >= 0.6 is 0 Å². The largest absolute Gasteiger partial charge is 0.507 e. The van der Waals surface area contributed by atoms with Crippen LogP contribution in [0.1, 0.15) is 93.9 Å². The van der Waals surface area contributed by atoms with Crippen molar-refractivity contribution in [2.24, 2.45) is 0 Å². The lowest BCUT2D eigenvalue weighted by Crippen LogP contribution is -2.25. The van der Waals surface area contributed by atoms with Crippen molar-refractivity contribution in [3.05, 3.63) is 22.3 Å². The number of hydrogen-bond acceptors (Lipinski definition) is 3. The standard InChI is InChI=1S/C23H38F2O3/c1-16-17(2)21(27)19(18(3)20(16)26)12-15-22(4,28)13-10-8-6-7-9-11-14-23(5,24)25/h26-28H,6-15H2,1-5H3/t22-/m1/s1. The Balaban J connectivity index is 2.38. The van der Waals surface area contributed by atoms with Crippen molar-refractivity contribution in [1.82, 2.24) is 0 Å². The van der Waals surface area contributed by atoms with Gasteiger partial charge in [-0.2, -0.15) is 0 Å². The van der Waals surface area contributed by atoms with Gasteiger partial charge in [-0.25, -0.2) is 8.78 Å². The van der Waals surface area contributed by atoms with Crippen LogP contribution in [-0.4, -0.2) is 26.8 Å². The van der Waals surface area contributed by atoms with Gasteiger partial charge in [0, 0.05) is 12.0 Å². The zero-order valence-corrected chi connectivity index (χ0v) is 18.2. The molecule has 3 N–H and O–H groups in total. The van der Waals surface area contributed by atoms with Gasteiger partial charge in [0.05, 0.1) is 5.60 Å². The van der Waals surface area contributed by atoms with Crippen LogP contribution in [-0.2, 0) is 6.42 Å². The minimum absolute atomic E-state index is 0.0397. The highest BCUT2D eigenvalue weighted by atomic mass is 19.3. The first kappa shape index (κ1) is 24.7. The van der Waals surface area contributed by atoms with Crippen LogP contribution in [0.5, 0.6) is 11.5 Å². The van der Waals surface area contributed by atoms with Gasteiger partial charge in [0.2, 0.25) is 5.92 Å². The molecule has 0 bridgehead atoms. The van der Waals surface area contributed by atoms with Crippen molar-refractivity contribution < 1.29 is 24.1 Å². The lowest BCUT2D eigenvalue weighted by atomic mass is 9.88. The lowest BCUT2D eigenvalue weighted by Gasteiger charge is -2.25. The van der Waals surface area contributed by atoms with Crippen molar-refractivity contribution in [1.29, 1.82) is 0 Å². The molecule has 5 heteroatoms. The van der Waals surface area contributed by atoms with E-state index in [0.717, 1.165) is 39.0 Å². The van der Waals surface area contributed by atoms with E-state index in [0.29, 0.717) is 47.9 Å². The van der Waals surface area contributed by atoms with Gasteiger partial charge in [0.25, 0.3) is 0 Å². The third-order valence-electron chi connectivity index (χ3n) is 5.86. The molecule has 0 saturated heterocycles. The first-order valence-corrected chi connectivity index (χ1v) is 10.5. The minimum Gasteiger partial charge on any atom is -0.507 e. The number of phenolic OH excluding ortho intramolecular Hbond substituents is 2. The first-order valence-electron chi connectivity index (χ1n) is 10.5. The molecule has 28 heavy (non-hydrogen) atoms. The topological polar surface area (TPSA) is 60.7 Å². The summed E-state index contributed by atoms with van der Waals surface area (Å²) in [5.41, 5.74) is 1.91. The Labute approximate surface area is 168 Å². The van der Waals surface area contributed by atoms with Gasteiger partial charge in [-0.1, -0.05) is 32.1 Å². The molecule has 0 aromatic heterocycles. The second-order valence-corrected chi connectivity index (χ2v) is 8.74. The van der Waals surface area contributed by atoms with Crippen molar-refractivity contribution in [2.45, 2.75) is 110 Å². The van der Waals surface area contributed by atoms with Gasteiger partial charge < -0.3 is 15.3 Å². The monoisotopic (exact) mass is 400 g/mol. The molecule has 0 radical (unpaired) electrons. The molecule has 1 rings (SSSR count). The van der Waals surface area contributed by atoms with E-state index in [9.17, 15) is 24.1 Å². The average Bonchev–Trinajstić information content (AvgIpc) is 2.59. The van der Waals surface area contributed by atoms with Crippen molar-refractivity contribution in [3.8, 4) is 11.5 Å². The molecule has 0 aliphatic rings. The van der Waals surface area contributed by atoms with Crippen LogP contribution in [0, 0.1) is 20.8 Å². The van der Waals surface area contributed by atoms with Crippen molar-refractivity contribution >= 4 is 0 Å². The van der Waals surface area contributed by atoms with Crippen LogP contribution in [0.3, 0.4) is 0 Å². The molecule has 0 aliphatic carbocycles. The molecule has 1 atom stereocenters. The zero-order valence-electron chi connectivity index (χ0n) is 18.2. The van der Waals surface area contributed by atoms with Gasteiger partial charge in [0.15, 0.2) is 0 Å². The van der Waals surface area contributed by atoms with Crippen LogP contribution in [0.15, 0.2) is 0 Å². The number of alkyl halides is 2. The number of phenols is 2. The summed E-state index contributed by atoms with van der Waals surface area (Å²) in [6, 6.07) is 0. The maximum Gasteiger partial charge on any atom is 0.245 e. The maximum atomic E-state index is 12.7. The molecule has 0 aliphatic heterocycles. The molecule has 0 amide bonds. The summed E-state index contributed by atoms with van der Waals surface area (Å²) >= 11 is 0. The molecule has 0 spiro atoms. The second-order valence-electron chi connectivity index (χ2n) is 8.74. The Morgan fingerprint density at radius 2 is 1.14 bits per heavy atom. The molecule has 1 aromatic carbocycles. The molecule has 0 saturated carbocycles. The van der Waals surface area contributed by atoms with Crippen LogP contribution in [0.2, 0.25) is 0 Å². The maximum absolute atomic E-state index is 12.7. The predicted molar refractivity (Wildman–Crippen MR) is 110 cm³/mol. The van der Waals surface area contributed by atoms with Gasteiger partial charge in [-0.15, -0.1) is 0 Å². The third kappa shape index (κ3) is 7.94. The third-order valence-corrected chi connectivity index (χ3v) is 5.86. The van der Waals surface area contributed by atoms with Gasteiger partial charge >= 0.3 is 0 Å². The number of halogens is 2. The van der Waals surface area contributed by atoms with Crippen LogP contribution in [0.25, 0.3) is 0 Å². The quantitative estimate of drug-likeness (QED) is 0.278. The molecule has 1 aromatic rings. The van der Waals surface area contributed by atoms with E-state index >= 15 is 0 Å². The molecule has 0 fully saturated rings. The summed E-state index contributed by atoms with van der Waals surface area (Å²) < 4.78 is 25.5. The number of benzene rings is 1. The summed E-state index contributed by atoms with van der Waals surface area (Å²) in [5.74, 6) is -2.13. The van der Waals surface area contributed by atoms with Crippen molar-refractivity contribution in [3.63, 3.8) is 0 Å². The summed E-state index contributed by atoms with van der Waals surface area (Å²) in [7, 11) is 0. The first-order chi connectivity index (χ1) is 12.9. The van der Waals surface area contributed by atoms with E-state index in [1.54, 1.807) is 20.8 Å². The Morgan fingerprint density at radius 1 is 0.679 bits per heavy atom. The average molecular weight is 401 g/mol. The highest BCUT2D eigenvalue weighted by molar-refractivity contribution is 5.56. The van der Waals surface area contributed by atoms with E-state index in [2.05, 4.69) is 0 Å². The van der Waals surface area contributed by atoms with E-state index < -0.39 is 11.5 Å². The van der Waals surface area contributed by atoms with Gasteiger partial charge in [-0.3, -0.25) is 0 Å². The molecular formula is C23H38F2O3. The minimum atomic E-state index is -2.56. The number of hydrogen-bond donors (Lipinski definition) is 3. The molecule has 162 valence electrons. The van der Waals surface area contributed by atoms with Gasteiger partial charge in [-0.05, 0) is 77.0 Å². The second kappa shape index (κ2) is 10.4. The number of aliphatic hydroxyl groups is 1.